The van der Waals surface area contributed by atoms with E-state index >= 15 is 0 Å². The Morgan fingerprint density at radius 3 is 2.88 bits per heavy atom. The third-order valence-electron chi connectivity index (χ3n) is 5.32. The van der Waals surface area contributed by atoms with Crippen LogP contribution in [0.3, 0.4) is 0 Å². The number of hydrogen-bond donors (Lipinski definition) is 0. The lowest BCUT2D eigenvalue weighted by atomic mass is 9.83. The molecule has 1 saturated heterocycles. The van der Waals surface area contributed by atoms with Crippen molar-refractivity contribution < 1.29 is 19.0 Å². The topological polar surface area (TPSA) is 48.1 Å². The Morgan fingerprint density at radius 1 is 1.28 bits per heavy atom. The Balaban J connectivity index is 1.49. The molecule has 0 spiro atoms. The fourth-order valence-electron chi connectivity index (χ4n) is 3.80. The number of ether oxygens (including phenoxy) is 3. The molecule has 0 radical (unpaired) electrons. The number of fused-ring (bicyclic) bond motifs is 1. The van der Waals surface area contributed by atoms with Gasteiger partial charge >= 0.3 is 0 Å². The van der Waals surface area contributed by atoms with Gasteiger partial charge in [-0.2, -0.15) is 0 Å². The molecule has 0 aromatic heterocycles. The molecule has 25 heavy (non-hydrogen) atoms. The quantitative estimate of drug-likeness (QED) is 0.338. The average Bonchev–Trinajstić information content (AvgIpc) is 3.40. The van der Waals surface area contributed by atoms with E-state index in [0.29, 0.717) is 6.61 Å². The summed E-state index contributed by atoms with van der Waals surface area (Å²) in [4.78, 5) is 13.0. The first kappa shape index (κ1) is 18.6. The van der Waals surface area contributed by atoms with Gasteiger partial charge in [-0.25, -0.2) is 0 Å². The van der Waals surface area contributed by atoms with Crippen LogP contribution in [0.5, 0.6) is 0 Å². The van der Waals surface area contributed by atoms with E-state index in [1.165, 1.54) is 6.42 Å². The van der Waals surface area contributed by atoms with Crippen molar-refractivity contribution in [3.05, 3.63) is 35.9 Å². The van der Waals surface area contributed by atoms with Crippen molar-refractivity contribution in [1.82, 2.24) is 0 Å². The molecule has 0 bridgehead atoms. The number of rotatable bonds is 11. The molecular weight excluding hydrogens is 316 g/mol. The predicted octanol–water partition coefficient (Wildman–Crippen LogP) is 4.41. The second-order valence-corrected chi connectivity index (χ2v) is 7.21. The molecule has 4 heteroatoms. The minimum Gasteiger partial charge on any atom is -0.358 e. The molecule has 4 nitrogen and oxygen atoms in total. The summed E-state index contributed by atoms with van der Waals surface area (Å²) >= 11 is 0. The molecule has 2 aliphatic rings. The standard InChI is InChI=1S/C21H30O4/c1-2-3-5-12-18(20(22)21-14-9-8-13-19(21)25-21)24-16-23-15-17-10-6-4-7-11-17/h4,6-7,10-11,18-19H,2-3,5,8-9,12-16H2,1H3/t18-,19+,21-/m1/s1. The Bertz CT molecular complexity index is 544. The second-order valence-electron chi connectivity index (χ2n) is 7.21. The highest BCUT2D eigenvalue weighted by atomic mass is 16.7. The third kappa shape index (κ3) is 4.69. The van der Waals surface area contributed by atoms with Crippen LogP contribution in [0.15, 0.2) is 30.3 Å². The van der Waals surface area contributed by atoms with Crippen molar-refractivity contribution >= 4 is 5.78 Å². The highest BCUT2D eigenvalue weighted by Crippen LogP contribution is 2.49. The van der Waals surface area contributed by atoms with E-state index in [1.807, 2.05) is 30.3 Å². The monoisotopic (exact) mass is 346 g/mol. The summed E-state index contributed by atoms with van der Waals surface area (Å²) in [6, 6.07) is 10.0. The minimum absolute atomic E-state index is 0.135. The molecular formula is C21H30O4. The lowest BCUT2D eigenvalue weighted by Crippen LogP contribution is -2.40. The van der Waals surface area contributed by atoms with Crippen LogP contribution in [-0.4, -0.2) is 30.4 Å². The first-order valence-electron chi connectivity index (χ1n) is 9.71. The number of carbonyl (C=O) groups excluding carboxylic acids is 1. The Morgan fingerprint density at radius 2 is 2.12 bits per heavy atom. The number of epoxide rings is 1. The zero-order chi connectivity index (χ0) is 17.5. The molecule has 3 atom stereocenters. The van der Waals surface area contributed by atoms with Gasteiger partial charge in [0.05, 0.1) is 12.7 Å². The van der Waals surface area contributed by atoms with E-state index in [-0.39, 0.29) is 18.7 Å². The summed E-state index contributed by atoms with van der Waals surface area (Å²) in [5.41, 5.74) is 0.575. The number of unbranched alkanes of at least 4 members (excludes halogenated alkanes) is 2. The van der Waals surface area contributed by atoms with E-state index in [9.17, 15) is 4.79 Å². The van der Waals surface area contributed by atoms with Gasteiger partial charge in [0.1, 0.15) is 12.9 Å². The largest absolute Gasteiger partial charge is 0.358 e. The molecule has 1 heterocycles. The maximum absolute atomic E-state index is 13.0. The molecule has 0 amide bonds. The number of Topliss-reactive ketones (excluding diaryl/α,β-unsaturated/α-hetero) is 1. The maximum atomic E-state index is 13.0. The summed E-state index contributed by atoms with van der Waals surface area (Å²) < 4.78 is 17.3. The highest BCUT2D eigenvalue weighted by Gasteiger charge is 2.63. The SMILES string of the molecule is CCCCC[C@@H](OCOCc1ccccc1)C(=O)[C@@]12CCCC[C@@H]1O2. The van der Waals surface area contributed by atoms with Gasteiger partial charge in [-0.05, 0) is 31.2 Å². The van der Waals surface area contributed by atoms with Gasteiger partial charge in [-0.15, -0.1) is 0 Å². The predicted molar refractivity (Wildman–Crippen MR) is 96.2 cm³/mol. The smallest absolute Gasteiger partial charge is 0.196 e. The Labute approximate surface area is 150 Å². The first-order valence-corrected chi connectivity index (χ1v) is 9.71. The van der Waals surface area contributed by atoms with Gasteiger partial charge < -0.3 is 14.2 Å². The fraction of sp³-hybridized carbons (Fsp3) is 0.667. The van der Waals surface area contributed by atoms with Gasteiger partial charge in [0.2, 0.25) is 0 Å². The molecule has 1 aromatic rings. The van der Waals surface area contributed by atoms with Crippen molar-refractivity contribution in [2.24, 2.45) is 0 Å². The minimum atomic E-state index is -0.533. The number of hydrogen-bond acceptors (Lipinski definition) is 4. The molecule has 1 aliphatic carbocycles. The fourth-order valence-corrected chi connectivity index (χ4v) is 3.80. The van der Waals surface area contributed by atoms with Crippen LogP contribution in [0.25, 0.3) is 0 Å². The van der Waals surface area contributed by atoms with E-state index < -0.39 is 11.7 Å². The van der Waals surface area contributed by atoms with Crippen molar-refractivity contribution in [2.45, 2.75) is 82.7 Å². The van der Waals surface area contributed by atoms with E-state index in [2.05, 4.69) is 6.92 Å². The van der Waals surface area contributed by atoms with Gasteiger partial charge in [0.15, 0.2) is 11.4 Å². The van der Waals surface area contributed by atoms with Gasteiger partial charge in [-0.1, -0.05) is 62.9 Å². The summed E-state index contributed by atoms with van der Waals surface area (Å²) in [7, 11) is 0. The van der Waals surface area contributed by atoms with Gasteiger partial charge in [0, 0.05) is 0 Å². The Kier molecular flexibility index (Phi) is 6.63. The zero-order valence-corrected chi connectivity index (χ0v) is 15.2. The van der Waals surface area contributed by atoms with Crippen LogP contribution in [-0.2, 0) is 25.6 Å². The Hall–Kier alpha value is -1.23. The summed E-state index contributed by atoms with van der Waals surface area (Å²) in [6.07, 6.45) is 7.88. The molecule has 1 aliphatic heterocycles. The molecule has 3 rings (SSSR count). The summed E-state index contributed by atoms with van der Waals surface area (Å²) in [5, 5.41) is 0. The summed E-state index contributed by atoms with van der Waals surface area (Å²) in [6.45, 7) is 2.82. The second kappa shape index (κ2) is 8.93. The molecule has 0 N–H and O–H groups in total. The first-order chi connectivity index (χ1) is 12.3. The van der Waals surface area contributed by atoms with E-state index in [1.54, 1.807) is 0 Å². The number of benzene rings is 1. The van der Waals surface area contributed by atoms with E-state index in [4.69, 9.17) is 14.2 Å². The van der Waals surface area contributed by atoms with Crippen LogP contribution >= 0.6 is 0 Å². The normalized spacial score (nSPS) is 26.0. The average molecular weight is 346 g/mol. The van der Waals surface area contributed by atoms with Crippen LogP contribution in [0, 0.1) is 0 Å². The van der Waals surface area contributed by atoms with Gasteiger partial charge in [0.25, 0.3) is 0 Å². The molecule has 138 valence electrons. The van der Waals surface area contributed by atoms with Crippen molar-refractivity contribution in [1.29, 1.82) is 0 Å². The maximum Gasteiger partial charge on any atom is 0.196 e. The molecule has 1 aromatic carbocycles. The van der Waals surface area contributed by atoms with Crippen molar-refractivity contribution in [2.75, 3.05) is 6.79 Å². The van der Waals surface area contributed by atoms with Crippen LogP contribution < -0.4 is 0 Å². The van der Waals surface area contributed by atoms with Gasteiger partial charge in [-0.3, -0.25) is 4.79 Å². The van der Waals surface area contributed by atoms with E-state index in [0.717, 1.165) is 50.5 Å². The van der Waals surface area contributed by atoms with Crippen molar-refractivity contribution in [3.8, 4) is 0 Å². The lowest BCUT2D eigenvalue weighted by Gasteiger charge is -2.23. The third-order valence-corrected chi connectivity index (χ3v) is 5.32. The van der Waals surface area contributed by atoms with Crippen molar-refractivity contribution in [3.63, 3.8) is 0 Å². The molecule has 2 fully saturated rings. The van der Waals surface area contributed by atoms with Crippen LogP contribution in [0.2, 0.25) is 0 Å². The molecule has 1 saturated carbocycles. The number of ketones is 1. The number of carbonyl (C=O) groups is 1. The lowest BCUT2D eigenvalue weighted by molar-refractivity contribution is -0.149. The highest BCUT2D eigenvalue weighted by molar-refractivity contribution is 5.94. The summed E-state index contributed by atoms with van der Waals surface area (Å²) in [5.74, 6) is 0.150. The van der Waals surface area contributed by atoms with Crippen LogP contribution in [0.1, 0.15) is 63.9 Å². The molecule has 0 unspecified atom stereocenters. The van der Waals surface area contributed by atoms with Crippen LogP contribution in [0.4, 0.5) is 0 Å². The zero-order valence-electron chi connectivity index (χ0n) is 15.2.